The fourth-order valence-corrected chi connectivity index (χ4v) is 4.59. The molecule has 1 saturated heterocycles. The van der Waals surface area contributed by atoms with Gasteiger partial charge in [-0.3, -0.25) is 4.79 Å². The highest BCUT2D eigenvalue weighted by Gasteiger charge is 2.31. The first kappa shape index (κ1) is 18.9. The molecule has 2 rings (SSSR count). The quantitative estimate of drug-likeness (QED) is 0.855. The Labute approximate surface area is 145 Å². The number of carbonyl (C=O) groups excluding carboxylic acids is 1. The van der Waals surface area contributed by atoms with Crippen LogP contribution in [0.4, 0.5) is 0 Å². The number of nitrogens with one attached hydrogen (secondary N) is 1. The van der Waals surface area contributed by atoms with Crippen LogP contribution in [0.25, 0.3) is 0 Å². The van der Waals surface area contributed by atoms with Crippen molar-refractivity contribution in [1.29, 1.82) is 0 Å². The normalized spacial score (nSPS) is 18.3. The minimum atomic E-state index is -3.33. The summed E-state index contributed by atoms with van der Waals surface area (Å²) in [5.74, 6) is 0.00728. The van der Waals surface area contributed by atoms with Crippen molar-refractivity contribution in [2.75, 3.05) is 13.1 Å². The maximum Gasteiger partial charge on any atom is 0.223 e. The van der Waals surface area contributed by atoms with Crippen molar-refractivity contribution >= 4 is 15.9 Å². The van der Waals surface area contributed by atoms with Crippen LogP contribution in [0.1, 0.15) is 44.2 Å². The maximum absolute atomic E-state index is 12.6. The summed E-state index contributed by atoms with van der Waals surface area (Å²) < 4.78 is 26.8. The van der Waals surface area contributed by atoms with E-state index < -0.39 is 10.0 Å². The van der Waals surface area contributed by atoms with Gasteiger partial charge in [0.1, 0.15) is 0 Å². The average Bonchev–Trinajstić information content (AvgIpc) is 2.56. The first-order chi connectivity index (χ1) is 11.3. The molecular formula is C18H28N2O3S. The van der Waals surface area contributed by atoms with E-state index in [4.69, 9.17) is 0 Å². The average molecular weight is 353 g/mol. The van der Waals surface area contributed by atoms with Crippen molar-refractivity contribution in [1.82, 2.24) is 9.62 Å². The van der Waals surface area contributed by atoms with E-state index in [2.05, 4.69) is 5.32 Å². The van der Waals surface area contributed by atoms with E-state index in [1.807, 2.05) is 45.0 Å². The standard InChI is InChI=1S/C18H28N2O3S/c1-4-15(3)19-18(21)16-9-11-20(12-10-16)24(22,23)13-17-8-6-5-7-14(17)2/h5-8,15-16H,4,9-13H2,1-3H3,(H,19,21). The number of nitrogens with zero attached hydrogens (tertiary/aromatic N) is 1. The second-order valence-electron chi connectivity index (χ2n) is 6.67. The Bertz CT molecular complexity index is 665. The SMILES string of the molecule is CCC(C)NC(=O)C1CCN(S(=O)(=O)Cc2ccccc2C)CC1. The molecule has 1 amide bonds. The summed E-state index contributed by atoms with van der Waals surface area (Å²) in [6.07, 6.45) is 2.08. The van der Waals surface area contributed by atoms with E-state index in [1.54, 1.807) is 0 Å². The zero-order valence-electron chi connectivity index (χ0n) is 14.8. The van der Waals surface area contributed by atoms with E-state index in [-0.39, 0.29) is 23.6 Å². The topological polar surface area (TPSA) is 66.5 Å². The molecule has 5 nitrogen and oxygen atoms in total. The number of hydrogen-bond acceptors (Lipinski definition) is 3. The lowest BCUT2D eigenvalue weighted by molar-refractivity contribution is -0.126. The third-order valence-corrected chi connectivity index (χ3v) is 6.65. The number of rotatable bonds is 6. The van der Waals surface area contributed by atoms with Crippen LogP contribution in [-0.4, -0.2) is 37.8 Å². The highest BCUT2D eigenvalue weighted by Crippen LogP contribution is 2.22. The maximum atomic E-state index is 12.6. The Kier molecular flexibility index (Phi) is 6.40. The Morgan fingerprint density at radius 2 is 1.92 bits per heavy atom. The molecular weight excluding hydrogens is 324 g/mol. The van der Waals surface area contributed by atoms with Crippen molar-refractivity contribution in [2.24, 2.45) is 5.92 Å². The molecule has 1 aliphatic heterocycles. The van der Waals surface area contributed by atoms with Crippen molar-refractivity contribution in [3.8, 4) is 0 Å². The number of amides is 1. The lowest BCUT2D eigenvalue weighted by Crippen LogP contribution is -2.45. The zero-order valence-corrected chi connectivity index (χ0v) is 15.6. The molecule has 0 spiro atoms. The molecule has 1 aromatic rings. The minimum Gasteiger partial charge on any atom is -0.353 e. The Morgan fingerprint density at radius 1 is 1.29 bits per heavy atom. The Morgan fingerprint density at radius 3 is 2.50 bits per heavy atom. The fraction of sp³-hybridized carbons (Fsp3) is 0.611. The molecule has 1 N–H and O–H groups in total. The largest absolute Gasteiger partial charge is 0.353 e. The van der Waals surface area contributed by atoms with Gasteiger partial charge >= 0.3 is 0 Å². The van der Waals surface area contributed by atoms with Crippen LogP contribution >= 0.6 is 0 Å². The summed E-state index contributed by atoms with van der Waals surface area (Å²) in [5.41, 5.74) is 1.83. The molecule has 0 bridgehead atoms. The first-order valence-electron chi connectivity index (χ1n) is 8.66. The van der Waals surface area contributed by atoms with E-state index in [0.717, 1.165) is 17.5 Å². The van der Waals surface area contributed by atoms with Crippen LogP contribution in [0.2, 0.25) is 0 Å². The highest BCUT2D eigenvalue weighted by atomic mass is 32.2. The van der Waals surface area contributed by atoms with Crippen molar-refractivity contribution < 1.29 is 13.2 Å². The van der Waals surface area contributed by atoms with Gasteiger partial charge in [0.25, 0.3) is 0 Å². The third kappa shape index (κ3) is 4.80. The number of piperidine rings is 1. The number of carbonyl (C=O) groups is 1. The van der Waals surface area contributed by atoms with Crippen LogP contribution in [0.3, 0.4) is 0 Å². The highest BCUT2D eigenvalue weighted by molar-refractivity contribution is 7.88. The Balaban J connectivity index is 1.93. The van der Waals surface area contributed by atoms with Gasteiger partial charge in [-0.05, 0) is 44.2 Å². The van der Waals surface area contributed by atoms with Gasteiger partial charge in [-0.1, -0.05) is 31.2 Å². The predicted octanol–water partition coefficient (Wildman–Crippen LogP) is 2.45. The van der Waals surface area contributed by atoms with Crippen LogP contribution in [0.15, 0.2) is 24.3 Å². The van der Waals surface area contributed by atoms with Crippen molar-refractivity contribution in [3.63, 3.8) is 0 Å². The second-order valence-corrected chi connectivity index (χ2v) is 8.64. The summed E-state index contributed by atoms with van der Waals surface area (Å²) in [7, 11) is -3.33. The molecule has 0 aliphatic carbocycles. The van der Waals surface area contributed by atoms with Crippen LogP contribution in [0, 0.1) is 12.8 Å². The minimum absolute atomic E-state index is 0.0312. The Hall–Kier alpha value is -1.40. The fourth-order valence-electron chi connectivity index (χ4n) is 2.92. The molecule has 24 heavy (non-hydrogen) atoms. The van der Waals surface area contributed by atoms with Gasteiger partial charge in [-0.2, -0.15) is 0 Å². The second kappa shape index (κ2) is 8.12. The molecule has 1 heterocycles. The smallest absolute Gasteiger partial charge is 0.223 e. The predicted molar refractivity (Wildman–Crippen MR) is 96.0 cm³/mol. The lowest BCUT2D eigenvalue weighted by atomic mass is 9.97. The third-order valence-electron chi connectivity index (χ3n) is 4.82. The van der Waals surface area contributed by atoms with E-state index in [9.17, 15) is 13.2 Å². The molecule has 0 aromatic heterocycles. The van der Waals surface area contributed by atoms with Crippen molar-refractivity contribution in [2.45, 2.75) is 51.8 Å². The molecule has 1 aliphatic rings. The van der Waals surface area contributed by atoms with Gasteiger partial charge in [-0.25, -0.2) is 12.7 Å². The lowest BCUT2D eigenvalue weighted by Gasteiger charge is -2.31. The zero-order chi connectivity index (χ0) is 17.7. The van der Waals surface area contributed by atoms with Crippen LogP contribution in [-0.2, 0) is 20.6 Å². The van der Waals surface area contributed by atoms with Crippen LogP contribution < -0.4 is 5.32 Å². The van der Waals surface area contributed by atoms with Gasteiger partial charge in [0.15, 0.2) is 0 Å². The van der Waals surface area contributed by atoms with E-state index in [1.165, 1.54) is 4.31 Å². The molecule has 6 heteroatoms. The number of benzene rings is 1. The number of aryl methyl sites for hydroxylation is 1. The summed E-state index contributed by atoms with van der Waals surface area (Å²) in [6, 6.07) is 7.73. The van der Waals surface area contributed by atoms with Crippen LogP contribution in [0.5, 0.6) is 0 Å². The van der Waals surface area contributed by atoms with Gasteiger partial charge in [-0.15, -0.1) is 0 Å². The summed E-state index contributed by atoms with van der Waals surface area (Å²) in [4.78, 5) is 12.2. The summed E-state index contributed by atoms with van der Waals surface area (Å²) >= 11 is 0. The van der Waals surface area contributed by atoms with Gasteiger partial charge < -0.3 is 5.32 Å². The van der Waals surface area contributed by atoms with Gasteiger partial charge in [0, 0.05) is 25.0 Å². The molecule has 1 aromatic carbocycles. The van der Waals surface area contributed by atoms with E-state index >= 15 is 0 Å². The van der Waals surface area contributed by atoms with Gasteiger partial charge in [0.05, 0.1) is 5.75 Å². The summed E-state index contributed by atoms with van der Waals surface area (Å²) in [6.45, 7) is 6.79. The molecule has 134 valence electrons. The summed E-state index contributed by atoms with van der Waals surface area (Å²) in [5, 5.41) is 2.99. The monoisotopic (exact) mass is 352 g/mol. The number of sulfonamides is 1. The molecule has 0 saturated carbocycles. The first-order valence-corrected chi connectivity index (χ1v) is 10.3. The molecule has 1 fully saturated rings. The number of hydrogen-bond donors (Lipinski definition) is 1. The van der Waals surface area contributed by atoms with Crippen molar-refractivity contribution in [3.05, 3.63) is 35.4 Å². The van der Waals surface area contributed by atoms with E-state index in [0.29, 0.717) is 25.9 Å². The van der Waals surface area contributed by atoms with Gasteiger partial charge in [0.2, 0.25) is 15.9 Å². The molecule has 1 unspecified atom stereocenters. The molecule has 0 radical (unpaired) electrons. The molecule has 1 atom stereocenters.